The van der Waals surface area contributed by atoms with Crippen LogP contribution in [0.2, 0.25) is 0 Å². The molecule has 0 saturated heterocycles. The lowest BCUT2D eigenvalue weighted by Gasteiger charge is -2.25. The molecule has 0 aliphatic rings. The van der Waals surface area contributed by atoms with Crippen LogP contribution in [-0.2, 0) is 14.3 Å². The Kier molecular flexibility index (Phi) is 9.28. The molecule has 0 aromatic carbocycles. The molecule has 0 heterocycles. The second-order valence-corrected chi connectivity index (χ2v) is 4.45. The van der Waals surface area contributed by atoms with Gasteiger partial charge in [0.05, 0.1) is 13.7 Å². The third kappa shape index (κ3) is 6.59. The Balaban J connectivity index is 4.31. The number of hydrogen-bond donors (Lipinski definition) is 1. The molecule has 0 aliphatic heterocycles. The number of ether oxygens (including phenoxy) is 1. The molecule has 5 heteroatoms. The van der Waals surface area contributed by atoms with Crippen molar-refractivity contribution in [3.05, 3.63) is 0 Å². The molecule has 0 aromatic heterocycles. The van der Waals surface area contributed by atoms with Gasteiger partial charge in [0.15, 0.2) is 0 Å². The Bertz CT molecular complexity index is 257. The van der Waals surface area contributed by atoms with Crippen molar-refractivity contribution in [1.82, 2.24) is 10.2 Å². The molecule has 1 unspecified atom stereocenters. The summed E-state index contributed by atoms with van der Waals surface area (Å²) in [5, 5.41) is 2.80. The number of nitrogens with zero attached hydrogens (tertiary/aromatic N) is 1. The van der Waals surface area contributed by atoms with Gasteiger partial charge in [0.2, 0.25) is 5.91 Å². The van der Waals surface area contributed by atoms with E-state index in [-0.39, 0.29) is 24.5 Å². The van der Waals surface area contributed by atoms with Crippen molar-refractivity contribution in [2.24, 2.45) is 0 Å². The third-order valence-electron chi connectivity index (χ3n) is 2.80. The van der Waals surface area contributed by atoms with Crippen molar-refractivity contribution in [1.29, 1.82) is 0 Å². The van der Waals surface area contributed by atoms with Crippen molar-refractivity contribution in [2.75, 3.05) is 27.2 Å². The number of carbonyl (C=O) groups excluding carboxylic acids is 2. The van der Waals surface area contributed by atoms with E-state index in [0.29, 0.717) is 6.54 Å². The van der Waals surface area contributed by atoms with E-state index in [2.05, 4.69) is 12.2 Å². The summed E-state index contributed by atoms with van der Waals surface area (Å²) in [6, 6.07) is -0.331. The van der Waals surface area contributed by atoms with Gasteiger partial charge in [0, 0.05) is 6.54 Å². The van der Waals surface area contributed by atoms with E-state index in [1.54, 1.807) is 11.9 Å². The zero-order valence-corrected chi connectivity index (χ0v) is 12.0. The van der Waals surface area contributed by atoms with Gasteiger partial charge in [-0.2, -0.15) is 0 Å². The Morgan fingerprint density at radius 1 is 1.28 bits per heavy atom. The quantitative estimate of drug-likeness (QED) is 0.631. The van der Waals surface area contributed by atoms with Gasteiger partial charge in [0.25, 0.3) is 0 Å². The molecule has 5 nitrogen and oxygen atoms in total. The maximum atomic E-state index is 11.7. The first kappa shape index (κ1) is 16.9. The van der Waals surface area contributed by atoms with E-state index >= 15 is 0 Å². The average molecular weight is 258 g/mol. The van der Waals surface area contributed by atoms with Crippen LogP contribution < -0.4 is 5.32 Å². The number of likely N-dealkylation sites (N-methyl/N-ethyl adjacent to an activating group) is 1. The summed E-state index contributed by atoms with van der Waals surface area (Å²) in [5.74, 6) is -0.320. The van der Waals surface area contributed by atoms with Crippen LogP contribution in [0.25, 0.3) is 0 Å². The number of methoxy groups -OCH3 is 1. The van der Waals surface area contributed by atoms with Crippen LogP contribution in [0.5, 0.6) is 0 Å². The van der Waals surface area contributed by atoms with Crippen molar-refractivity contribution >= 4 is 11.9 Å². The Hall–Kier alpha value is -1.10. The predicted molar refractivity (Wildman–Crippen MR) is 71.3 cm³/mol. The van der Waals surface area contributed by atoms with Crippen molar-refractivity contribution in [2.45, 2.75) is 45.6 Å². The minimum absolute atomic E-state index is 0.0512. The molecule has 0 aliphatic carbocycles. The molecule has 0 bridgehead atoms. The second-order valence-electron chi connectivity index (χ2n) is 4.45. The number of hydrogen-bond acceptors (Lipinski definition) is 4. The number of amides is 1. The highest BCUT2D eigenvalue weighted by Gasteiger charge is 2.24. The lowest BCUT2D eigenvalue weighted by atomic mass is 10.1. The summed E-state index contributed by atoms with van der Waals surface area (Å²) in [6.45, 7) is 4.97. The van der Waals surface area contributed by atoms with Gasteiger partial charge in [-0.15, -0.1) is 0 Å². The van der Waals surface area contributed by atoms with Gasteiger partial charge < -0.3 is 10.1 Å². The fourth-order valence-electron chi connectivity index (χ4n) is 1.71. The van der Waals surface area contributed by atoms with Gasteiger partial charge >= 0.3 is 5.97 Å². The molecular weight excluding hydrogens is 232 g/mol. The number of rotatable bonds is 9. The number of nitrogens with one attached hydrogen (secondary N) is 1. The first-order valence-corrected chi connectivity index (χ1v) is 6.61. The van der Waals surface area contributed by atoms with Crippen LogP contribution in [0, 0.1) is 0 Å². The molecule has 0 aromatic rings. The molecule has 0 rings (SSSR count). The lowest BCUT2D eigenvalue weighted by molar-refractivity contribution is -0.147. The zero-order valence-electron chi connectivity index (χ0n) is 12.0. The summed E-state index contributed by atoms with van der Waals surface area (Å²) in [6.07, 6.45) is 3.59. The van der Waals surface area contributed by atoms with E-state index in [1.807, 2.05) is 6.92 Å². The maximum Gasteiger partial charge on any atom is 0.323 e. The normalized spacial score (nSPS) is 12.3. The highest BCUT2D eigenvalue weighted by Crippen LogP contribution is 2.08. The van der Waals surface area contributed by atoms with Gasteiger partial charge in [-0.25, -0.2) is 0 Å². The minimum atomic E-state index is -0.331. The van der Waals surface area contributed by atoms with E-state index in [0.717, 1.165) is 25.7 Å². The van der Waals surface area contributed by atoms with Crippen LogP contribution >= 0.6 is 0 Å². The van der Waals surface area contributed by atoms with Crippen LogP contribution in [0.1, 0.15) is 39.5 Å². The van der Waals surface area contributed by atoms with Crippen molar-refractivity contribution in [3.63, 3.8) is 0 Å². The topological polar surface area (TPSA) is 58.6 Å². The smallest absolute Gasteiger partial charge is 0.323 e. The SMILES string of the molecule is CCCCC(C(=O)OC)N(C)CC(=O)NCCC. The molecule has 0 spiro atoms. The summed E-state index contributed by atoms with van der Waals surface area (Å²) in [5.41, 5.74) is 0. The van der Waals surface area contributed by atoms with Crippen molar-refractivity contribution in [3.8, 4) is 0 Å². The first-order chi connectivity index (χ1) is 8.56. The minimum Gasteiger partial charge on any atom is -0.468 e. The highest BCUT2D eigenvalue weighted by molar-refractivity contribution is 5.80. The molecule has 0 fully saturated rings. The molecule has 1 N–H and O–H groups in total. The summed E-state index contributed by atoms with van der Waals surface area (Å²) < 4.78 is 4.78. The molecule has 18 heavy (non-hydrogen) atoms. The Morgan fingerprint density at radius 2 is 1.94 bits per heavy atom. The maximum absolute atomic E-state index is 11.7. The summed E-state index contributed by atoms with van der Waals surface area (Å²) in [7, 11) is 3.16. The Morgan fingerprint density at radius 3 is 2.44 bits per heavy atom. The largest absolute Gasteiger partial charge is 0.468 e. The first-order valence-electron chi connectivity index (χ1n) is 6.61. The van der Waals surface area contributed by atoms with Gasteiger partial charge in [-0.05, 0) is 19.9 Å². The fourth-order valence-corrected chi connectivity index (χ4v) is 1.71. The number of unbranched alkanes of at least 4 members (excludes halogenated alkanes) is 1. The molecule has 0 saturated carbocycles. The van der Waals surface area contributed by atoms with Crippen LogP contribution in [0.3, 0.4) is 0 Å². The van der Waals surface area contributed by atoms with E-state index in [4.69, 9.17) is 4.74 Å². The summed E-state index contributed by atoms with van der Waals surface area (Å²) in [4.78, 5) is 25.0. The predicted octanol–water partition coefficient (Wildman–Crippen LogP) is 1.18. The summed E-state index contributed by atoms with van der Waals surface area (Å²) >= 11 is 0. The van der Waals surface area contributed by atoms with Crippen LogP contribution in [0.4, 0.5) is 0 Å². The third-order valence-corrected chi connectivity index (χ3v) is 2.80. The van der Waals surface area contributed by atoms with Gasteiger partial charge in [0.1, 0.15) is 6.04 Å². The molecule has 0 radical (unpaired) electrons. The lowest BCUT2D eigenvalue weighted by Crippen LogP contribution is -2.45. The molecule has 1 amide bonds. The number of esters is 1. The van der Waals surface area contributed by atoms with Crippen LogP contribution in [0.15, 0.2) is 0 Å². The van der Waals surface area contributed by atoms with Crippen LogP contribution in [-0.4, -0.2) is 50.1 Å². The van der Waals surface area contributed by atoms with E-state index < -0.39 is 0 Å². The standard InChI is InChI=1S/C13H26N2O3/c1-5-7-8-11(13(17)18-4)15(3)10-12(16)14-9-6-2/h11H,5-10H2,1-4H3,(H,14,16). The highest BCUT2D eigenvalue weighted by atomic mass is 16.5. The zero-order chi connectivity index (χ0) is 14.0. The Labute approximate surface area is 110 Å². The van der Waals surface area contributed by atoms with Crippen molar-refractivity contribution < 1.29 is 14.3 Å². The average Bonchev–Trinajstić information content (AvgIpc) is 2.36. The number of carbonyl (C=O) groups is 2. The molecular formula is C13H26N2O3. The monoisotopic (exact) mass is 258 g/mol. The fraction of sp³-hybridized carbons (Fsp3) is 0.846. The van der Waals surface area contributed by atoms with Gasteiger partial charge in [-0.1, -0.05) is 26.7 Å². The van der Waals surface area contributed by atoms with E-state index in [9.17, 15) is 9.59 Å². The molecule has 106 valence electrons. The molecule has 1 atom stereocenters. The van der Waals surface area contributed by atoms with Gasteiger partial charge in [-0.3, -0.25) is 14.5 Å². The second kappa shape index (κ2) is 9.88. The van der Waals surface area contributed by atoms with E-state index in [1.165, 1.54) is 7.11 Å².